The van der Waals surface area contributed by atoms with Crippen LogP contribution in [0.5, 0.6) is 0 Å². The highest BCUT2D eigenvalue weighted by Crippen LogP contribution is 2.11. The Morgan fingerprint density at radius 2 is 0.959 bits per heavy atom. The van der Waals surface area contributed by atoms with E-state index < -0.39 is 0 Å². The van der Waals surface area contributed by atoms with Crippen molar-refractivity contribution in [2.75, 3.05) is 52.4 Å². The lowest BCUT2D eigenvalue weighted by Crippen LogP contribution is -2.48. The molecule has 0 aromatic rings. The quantitative estimate of drug-likeness (QED) is 0.0231. The van der Waals surface area contributed by atoms with Crippen LogP contribution in [-0.4, -0.2) is 79.0 Å². The molecule has 286 valence electrons. The summed E-state index contributed by atoms with van der Waals surface area (Å²) in [5, 5.41) is 4.58. The number of hydrazine groups is 1. The van der Waals surface area contributed by atoms with Crippen LogP contribution in [0.2, 0.25) is 0 Å². The molecule has 2 amide bonds. The molecule has 0 spiro atoms. The van der Waals surface area contributed by atoms with Crippen molar-refractivity contribution in [3.8, 4) is 0 Å². The molecule has 0 aromatic heterocycles. The van der Waals surface area contributed by atoms with Crippen LogP contribution in [0, 0.1) is 0 Å². The summed E-state index contributed by atoms with van der Waals surface area (Å²) in [6.07, 6.45) is 40.0. The van der Waals surface area contributed by atoms with Crippen molar-refractivity contribution >= 4 is 11.8 Å². The molecule has 0 bridgehead atoms. The zero-order valence-electron chi connectivity index (χ0n) is 32.6. The summed E-state index contributed by atoms with van der Waals surface area (Å²) in [6.45, 7) is 12.3. The molecule has 0 aromatic carbocycles. The van der Waals surface area contributed by atoms with E-state index >= 15 is 0 Å². The maximum absolute atomic E-state index is 12.4. The smallest absolute Gasteiger partial charge is 0.236 e. The number of amides is 2. The number of piperazine rings is 1. The van der Waals surface area contributed by atoms with Crippen molar-refractivity contribution in [1.29, 1.82) is 0 Å². The van der Waals surface area contributed by atoms with E-state index in [1.165, 1.54) is 121 Å². The number of nitrogens with zero attached hydrogens (tertiary/aromatic N) is 3. The number of allylic oxidation sites excluding steroid dienone is 4. The molecule has 0 aliphatic carbocycles. The molecule has 49 heavy (non-hydrogen) atoms. The van der Waals surface area contributed by atoms with E-state index in [0.717, 1.165) is 84.3 Å². The average Bonchev–Trinajstić information content (AvgIpc) is 3.11. The summed E-state index contributed by atoms with van der Waals surface area (Å²) in [4.78, 5) is 29.6. The Kier molecular flexibility index (Phi) is 32.1. The standard InChI is InChI=1S/C42H81N5O2/c1-3-5-7-9-11-13-15-17-19-21-23-25-27-31-41(48)44-33-29-34-45-37-39-46(40-38-45)35-30-36-47(43)42(49)32-28-26-24-22-20-18-16-14-12-10-8-6-4-2/h13-16H,3-12,17-40,43H2,1-2H3,(H,44,48)/b15-13+,16-14+. The number of hydrogen-bond acceptors (Lipinski definition) is 5. The van der Waals surface area contributed by atoms with Gasteiger partial charge in [0.2, 0.25) is 11.8 Å². The monoisotopic (exact) mass is 688 g/mol. The van der Waals surface area contributed by atoms with Crippen LogP contribution >= 0.6 is 0 Å². The number of nitrogens with one attached hydrogen (secondary N) is 1. The van der Waals surface area contributed by atoms with E-state index in [2.05, 4.69) is 53.3 Å². The van der Waals surface area contributed by atoms with Crippen molar-refractivity contribution in [3.63, 3.8) is 0 Å². The summed E-state index contributed by atoms with van der Waals surface area (Å²) in [5.41, 5.74) is 0. The molecular weight excluding hydrogens is 606 g/mol. The molecule has 1 aliphatic rings. The highest BCUT2D eigenvalue weighted by molar-refractivity contribution is 5.75. The number of carbonyl (C=O) groups is 2. The minimum atomic E-state index is 0.0881. The van der Waals surface area contributed by atoms with Gasteiger partial charge in [0.1, 0.15) is 0 Å². The van der Waals surface area contributed by atoms with Gasteiger partial charge in [-0.3, -0.25) is 14.6 Å². The summed E-state index contributed by atoms with van der Waals surface area (Å²) in [6, 6.07) is 0. The van der Waals surface area contributed by atoms with Crippen LogP contribution in [-0.2, 0) is 9.59 Å². The first-order valence-corrected chi connectivity index (χ1v) is 21.1. The van der Waals surface area contributed by atoms with Gasteiger partial charge in [-0.15, -0.1) is 0 Å². The predicted molar refractivity (Wildman–Crippen MR) is 211 cm³/mol. The van der Waals surface area contributed by atoms with Gasteiger partial charge in [-0.25, -0.2) is 5.84 Å². The van der Waals surface area contributed by atoms with Gasteiger partial charge in [-0.2, -0.15) is 0 Å². The van der Waals surface area contributed by atoms with Gasteiger partial charge in [0.25, 0.3) is 0 Å². The van der Waals surface area contributed by atoms with Crippen LogP contribution in [0.25, 0.3) is 0 Å². The number of nitrogens with two attached hydrogens (primary N) is 1. The van der Waals surface area contributed by atoms with Gasteiger partial charge in [0.15, 0.2) is 0 Å². The zero-order chi connectivity index (χ0) is 35.5. The van der Waals surface area contributed by atoms with Gasteiger partial charge in [-0.1, -0.05) is 115 Å². The van der Waals surface area contributed by atoms with Crippen molar-refractivity contribution in [2.45, 2.75) is 181 Å². The molecule has 0 saturated carbocycles. The van der Waals surface area contributed by atoms with E-state index in [4.69, 9.17) is 5.84 Å². The molecule has 1 rings (SSSR count). The Balaban J connectivity index is 1.90. The molecule has 7 heteroatoms. The van der Waals surface area contributed by atoms with E-state index in [9.17, 15) is 9.59 Å². The maximum atomic E-state index is 12.4. The topological polar surface area (TPSA) is 81.9 Å². The van der Waals surface area contributed by atoms with Gasteiger partial charge >= 0.3 is 0 Å². The molecule has 0 radical (unpaired) electrons. The second-order valence-corrected chi connectivity index (χ2v) is 14.6. The normalized spacial score (nSPS) is 14.3. The third-order valence-electron chi connectivity index (χ3n) is 9.95. The van der Waals surface area contributed by atoms with Crippen molar-refractivity contribution in [3.05, 3.63) is 24.3 Å². The third kappa shape index (κ3) is 29.7. The fourth-order valence-corrected chi connectivity index (χ4v) is 6.58. The molecular formula is C42H81N5O2. The second kappa shape index (κ2) is 34.7. The number of unbranched alkanes of at least 4 members (excludes halogenated alkanes) is 18. The summed E-state index contributed by atoms with van der Waals surface area (Å²) in [5.74, 6) is 6.39. The maximum Gasteiger partial charge on any atom is 0.236 e. The zero-order valence-corrected chi connectivity index (χ0v) is 32.6. The van der Waals surface area contributed by atoms with E-state index in [1.807, 2.05) is 0 Å². The number of hydrogen-bond donors (Lipinski definition) is 2. The Labute approximate surface area is 304 Å². The minimum Gasteiger partial charge on any atom is -0.356 e. The van der Waals surface area contributed by atoms with Crippen LogP contribution in [0.3, 0.4) is 0 Å². The first-order valence-electron chi connectivity index (χ1n) is 21.1. The molecule has 7 nitrogen and oxygen atoms in total. The molecule has 1 heterocycles. The second-order valence-electron chi connectivity index (χ2n) is 14.6. The Morgan fingerprint density at radius 1 is 0.551 bits per heavy atom. The third-order valence-corrected chi connectivity index (χ3v) is 9.95. The lowest BCUT2D eigenvalue weighted by molar-refractivity contribution is -0.131. The van der Waals surface area contributed by atoms with Crippen molar-refractivity contribution < 1.29 is 9.59 Å². The Morgan fingerprint density at radius 3 is 1.45 bits per heavy atom. The Hall–Kier alpha value is -1.70. The predicted octanol–water partition coefficient (Wildman–Crippen LogP) is 9.72. The fourth-order valence-electron chi connectivity index (χ4n) is 6.58. The minimum absolute atomic E-state index is 0.0881. The molecule has 0 atom stereocenters. The first-order chi connectivity index (χ1) is 24.1. The lowest BCUT2D eigenvalue weighted by Gasteiger charge is -2.35. The van der Waals surface area contributed by atoms with Crippen molar-refractivity contribution in [2.24, 2.45) is 5.84 Å². The molecule has 1 fully saturated rings. The van der Waals surface area contributed by atoms with Gasteiger partial charge in [0, 0.05) is 52.1 Å². The largest absolute Gasteiger partial charge is 0.356 e. The number of rotatable bonds is 34. The first kappa shape index (κ1) is 45.3. The van der Waals surface area contributed by atoms with Crippen LogP contribution < -0.4 is 11.2 Å². The average molecular weight is 688 g/mol. The molecule has 0 unspecified atom stereocenters. The van der Waals surface area contributed by atoms with Crippen molar-refractivity contribution in [1.82, 2.24) is 20.1 Å². The lowest BCUT2D eigenvalue weighted by atomic mass is 10.1. The van der Waals surface area contributed by atoms with E-state index in [0.29, 0.717) is 19.4 Å². The highest BCUT2D eigenvalue weighted by Gasteiger charge is 2.17. The van der Waals surface area contributed by atoms with Crippen LogP contribution in [0.4, 0.5) is 0 Å². The van der Waals surface area contributed by atoms with Crippen LogP contribution in [0.15, 0.2) is 24.3 Å². The van der Waals surface area contributed by atoms with Gasteiger partial charge in [0.05, 0.1) is 0 Å². The highest BCUT2D eigenvalue weighted by atomic mass is 16.2. The Bertz CT molecular complexity index is 809. The van der Waals surface area contributed by atoms with Gasteiger partial charge < -0.3 is 15.1 Å². The van der Waals surface area contributed by atoms with Gasteiger partial charge in [-0.05, 0) is 90.1 Å². The van der Waals surface area contributed by atoms with Crippen LogP contribution in [0.1, 0.15) is 181 Å². The molecule has 1 saturated heterocycles. The summed E-state index contributed by atoms with van der Waals surface area (Å²) >= 11 is 0. The van der Waals surface area contributed by atoms with E-state index in [-0.39, 0.29) is 11.8 Å². The molecule has 3 N–H and O–H groups in total. The summed E-state index contributed by atoms with van der Waals surface area (Å²) < 4.78 is 0. The summed E-state index contributed by atoms with van der Waals surface area (Å²) in [7, 11) is 0. The van der Waals surface area contributed by atoms with E-state index in [1.54, 1.807) is 0 Å². The molecule has 1 aliphatic heterocycles. The number of carbonyl (C=O) groups excluding carboxylic acids is 2. The fraction of sp³-hybridized carbons (Fsp3) is 0.857. The SMILES string of the molecule is CCCCCC/C=C/CCCCCCCC(=O)NCCCN1CCN(CCCN(N)C(=O)CCCCCCC/C=C/CCCCCC)CC1.